The third-order valence-corrected chi connectivity index (χ3v) is 1.24. The van der Waals surface area contributed by atoms with E-state index in [0.29, 0.717) is 14.2 Å². The SMILES string of the molecule is C=CC(=O)OCCOP=S. The highest BCUT2D eigenvalue weighted by Gasteiger charge is 1.92. The highest BCUT2D eigenvalue weighted by atomic mass is 32.4. The molecule has 0 aliphatic rings. The van der Waals surface area contributed by atoms with Crippen LogP contribution < -0.4 is 0 Å². The lowest BCUT2D eigenvalue weighted by Crippen LogP contribution is -2.05. The van der Waals surface area contributed by atoms with Crippen molar-refractivity contribution in [2.45, 2.75) is 0 Å². The number of carbonyl (C=O) groups excluding carboxylic acids is 1. The smallest absolute Gasteiger partial charge is 0.330 e. The van der Waals surface area contributed by atoms with E-state index in [1.807, 2.05) is 0 Å². The maximum Gasteiger partial charge on any atom is 0.330 e. The summed E-state index contributed by atoms with van der Waals surface area (Å²) in [6, 6.07) is 0. The molecular weight excluding hydrogens is 171 g/mol. The van der Waals surface area contributed by atoms with Gasteiger partial charge in [-0.05, 0) is 11.8 Å². The largest absolute Gasteiger partial charge is 0.460 e. The van der Waals surface area contributed by atoms with Gasteiger partial charge in [0.1, 0.15) is 14.2 Å². The van der Waals surface area contributed by atoms with Crippen LogP contribution in [0.25, 0.3) is 0 Å². The van der Waals surface area contributed by atoms with E-state index in [1.54, 1.807) is 0 Å². The average Bonchev–Trinajstić information content (AvgIpc) is 1.98. The molecule has 0 N–H and O–H groups in total. The molecule has 0 aliphatic carbocycles. The third-order valence-electron chi connectivity index (χ3n) is 0.638. The second kappa shape index (κ2) is 6.81. The standard InChI is InChI=1S/C5H7O3PS/c1-2-5(6)7-3-4-8-9-10/h2H,1,3-4H2. The summed E-state index contributed by atoms with van der Waals surface area (Å²) in [6.45, 7) is 3.79. The van der Waals surface area contributed by atoms with E-state index in [9.17, 15) is 4.79 Å². The zero-order chi connectivity index (χ0) is 7.82. The minimum Gasteiger partial charge on any atom is -0.460 e. The highest BCUT2D eigenvalue weighted by Crippen LogP contribution is 1.93. The predicted octanol–water partition coefficient (Wildman–Crippen LogP) is 1.06. The van der Waals surface area contributed by atoms with E-state index in [0.717, 1.165) is 6.08 Å². The van der Waals surface area contributed by atoms with Crippen LogP contribution in [-0.4, -0.2) is 19.2 Å². The van der Waals surface area contributed by atoms with Gasteiger partial charge < -0.3 is 9.26 Å². The van der Waals surface area contributed by atoms with E-state index in [4.69, 9.17) is 4.52 Å². The quantitative estimate of drug-likeness (QED) is 0.273. The van der Waals surface area contributed by atoms with Crippen LogP contribution in [0.15, 0.2) is 12.7 Å². The van der Waals surface area contributed by atoms with Crippen LogP contribution in [-0.2, 0) is 25.9 Å². The number of carbonyl (C=O) groups is 1. The molecule has 0 heterocycles. The summed E-state index contributed by atoms with van der Waals surface area (Å²) in [5, 5.41) is 0. The second-order valence-corrected chi connectivity index (χ2v) is 2.13. The first-order valence-electron chi connectivity index (χ1n) is 2.55. The van der Waals surface area contributed by atoms with Crippen LogP contribution in [0.1, 0.15) is 0 Å². The van der Waals surface area contributed by atoms with Gasteiger partial charge in [0, 0.05) is 6.08 Å². The predicted molar refractivity (Wildman–Crippen MR) is 41.4 cm³/mol. The first kappa shape index (κ1) is 9.69. The van der Waals surface area contributed by atoms with Crippen LogP contribution in [0.4, 0.5) is 0 Å². The lowest BCUT2D eigenvalue weighted by Gasteiger charge is -1.97. The fourth-order valence-corrected chi connectivity index (χ4v) is 0.648. The van der Waals surface area contributed by atoms with E-state index in [2.05, 4.69) is 23.1 Å². The van der Waals surface area contributed by atoms with Crippen LogP contribution in [0.2, 0.25) is 0 Å². The highest BCUT2D eigenvalue weighted by molar-refractivity contribution is 7.94. The van der Waals surface area contributed by atoms with Gasteiger partial charge in [0.25, 0.3) is 0 Å². The molecule has 0 aromatic heterocycles. The van der Waals surface area contributed by atoms with Crippen molar-refractivity contribution in [3.05, 3.63) is 12.7 Å². The summed E-state index contributed by atoms with van der Waals surface area (Å²) < 4.78 is 9.26. The minimum atomic E-state index is -0.440. The molecule has 0 amide bonds. The number of hydrogen-bond acceptors (Lipinski definition) is 4. The lowest BCUT2D eigenvalue weighted by atomic mass is 10.6. The Morgan fingerprint density at radius 1 is 1.70 bits per heavy atom. The first-order chi connectivity index (χ1) is 4.81. The molecule has 0 aromatic carbocycles. The van der Waals surface area contributed by atoms with Gasteiger partial charge in [0.15, 0.2) is 0 Å². The molecular formula is C5H7O3PS. The van der Waals surface area contributed by atoms with Gasteiger partial charge in [-0.25, -0.2) is 4.79 Å². The molecule has 10 heavy (non-hydrogen) atoms. The Bertz CT molecular complexity index is 137. The van der Waals surface area contributed by atoms with Crippen molar-refractivity contribution in [3.8, 4) is 0 Å². The molecule has 3 nitrogen and oxygen atoms in total. The molecule has 0 aliphatic heterocycles. The molecule has 0 aromatic rings. The fraction of sp³-hybridized carbons (Fsp3) is 0.400. The topological polar surface area (TPSA) is 35.5 Å². The van der Waals surface area contributed by atoms with Gasteiger partial charge in [0.05, 0.1) is 6.61 Å². The van der Waals surface area contributed by atoms with Crippen molar-refractivity contribution in [3.63, 3.8) is 0 Å². The molecule has 0 fully saturated rings. The van der Waals surface area contributed by atoms with Crippen LogP contribution in [0, 0.1) is 0 Å². The maximum absolute atomic E-state index is 10.4. The van der Waals surface area contributed by atoms with Gasteiger partial charge in [0.2, 0.25) is 0 Å². The molecule has 5 heteroatoms. The van der Waals surface area contributed by atoms with E-state index < -0.39 is 5.97 Å². The van der Waals surface area contributed by atoms with Crippen molar-refractivity contribution in [2.24, 2.45) is 0 Å². The second-order valence-electron chi connectivity index (χ2n) is 1.28. The molecule has 0 saturated heterocycles. The maximum atomic E-state index is 10.4. The van der Waals surface area contributed by atoms with Crippen LogP contribution >= 0.6 is 7.58 Å². The molecule has 0 atom stereocenters. The van der Waals surface area contributed by atoms with Crippen molar-refractivity contribution < 1.29 is 14.1 Å². The summed E-state index contributed by atoms with van der Waals surface area (Å²) in [6.07, 6.45) is 1.10. The molecule has 0 saturated carbocycles. The van der Waals surface area contributed by atoms with Crippen LogP contribution in [0.5, 0.6) is 0 Å². The molecule has 0 radical (unpaired) electrons. The van der Waals surface area contributed by atoms with Crippen molar-refractivity contribution >= 4 is 25.4 Å². The van der Waals surface area contributed by atoms with E-state index in [1.165, 1.54) is 0 Å². The van der Waals surface area contributed by atoms with Gasteiger partial charge in [-0.2, -0.15) is 0 Å². The van der Waals surface area contributed by atoms with E-state index in [-0.39, 0.29) is 6.61 Å². The summed E-state index contributed by atoms with van der Waals surface area (Å²) >= 11 is 4.45. The van der Waals surface area contributed by atoms with Gasteiger partial charge in [-0.1, -0.05) is 6.58 Å². The van der Waals surface area contributed by atoms with E-state index >= 15 is 0 Å². The number of ether oxygens (including phenoxy) is 1. The Balaban J connectivity index is 3.11. The van der Waals surface area contributed by atoms with Gasteiger partial charge in [-0.15, -0.1) is 0 Å². The number of rotatable bonds is 5. The lowest BCUT2D eigenvalue weighted by molar-refractivity contribution is -0.138. The Morgan fingerprint density at radius 2 is 2.40 bits per heavy atom. The monoisotopic (exact) mass is 178 g/mol. The van der Waals surface area contributed by atoms with Crippen molar-refractivity contribution in [1.29, 1.82) is 0 Å². The Morgan fingerprint density at radius 3 is 2.90 bits per heavy atom. The molecule has 0 unspecified atom stereocenters. The normalized spacial score (nSPS) is 9.20. The summed E-state index contributed by atoms with van der Waals surface area (Å²) in [5.41, 5.74) is 0. The number of hydrogen-bond donors (Lipinski definition) is 0. The van der Waals surface area contributed by atoms with Crippen molar-refractivity contribution in [1.82, 2.24) is 0 Å². The average molecular weight is 178 g/mol. The van der Waals surface area contributed by atoms with Gasteiger partial charge >= 0.3 is 5.97 Å². The zero-order valence-electron chi connectivity index (χ0n) is 5.28. The summed E-state index contributed by atoms with van der Waals surface area (Å²) in [7, 11) is 0.428. The third kappa shape index (κ3) is 5.82. The summed E-state index contributed by atoms with van der Waals surface area (Å²) in [5.74, 6) is -0.440. The molecule has 56 valence electrons. The Hall–Kier alpha value is -0.310. The van der Waals surface area contributed by atoms with Gasteiger partial charge in [-0.3, -0.25) is 0 Å². The minimum absolute atomic E-state index is 0.231. The fourth-order valence-electron chi connectivity index (χ4n) is 0.276. The zero-order valence-corrected chi connectivity index (χ0v) is 6.99. The summed E-state index contributed by atoms with van der Waals surface area (Å²) in [4.78, 5) is 10.4. The Labute approximate surface area is 65.9 Å². The first-order valence-corrected chi connectivity index (χ1v) is 4.37. The number of esters is 1. The van der Waals surface area contributed by atoms with Crippen molar-refractivity contribution in [2.75, 3.05) is 13.2 Å². The molecule has 0 spiro atoms. The molecule has 0 rings (SSSR count). The Kier molecular flexibility index (Phi) is 6.59. The molecule has 0 bridgehead atoms. The van der Waals surface area contributed by atoms with Crippen LogP contribution in [0.3, 0.4) is 0 Å².